The number of hydrogen-bond acceptors (Lipinski definition) is 7. The molecule has 0 radical (unpaired) electrons. The van der Waals surface area contributed by atoms with E-state index < -0.39 is 11.9 Å². The number of nitrogens with zero attached hydrogens (tertiary/aromatic N) is 2. The highest BCUT2D eigenvalue weighted by molar-refractivity contribution is 6.30. The number of rotatable bonds is 5. The molecule has 4 rings (SSSR count). The van der Waals surface area contributed by atoms with Gasteiger partial charge in [-0.1, -0.05) is 35.9 Å². The number of fused-ring (bicyclic) bond motifs is 1. The van der Waals surface area contributed by atoms with E-state index in [1.54, 1.807) is 41.7 Å². The van der Waals surface area contributed by atoms with Crippen molar-refractivity contribution < 1.29 is 14.4 Å². The van der Waals surface area contributed by atoms with Crippen LogP contribution in [0.2, 0.25) is 5.02 Å². The van der Waals surface area contributed by atoms with Crippen LogP contribution in [0.5, 0.6) is 0 Å². The van der Waals surface area contributed by atoms with Gasteiger partial charge in [-0.3, -0.25) is 14.4 Å². The Kier molecular flexibility index (Phi) is 7.96. The molecule has 3 amide bonds. The van der Waals surface area contributed by atoms with Crippen molar-refractivity contribution in [1.82, 2.24) is 21.7 Å². The number of para-hydroxylation sites is 1. The van der Waals surface area contributed by atoms with E-state index in [4.69, 9.17) is 11.6 Å². The monoisotopic (exact) mass is 495 g/mol. The largest absolute Gasteiger partial charge is 0.354 e. The highest BCUT2D eigenvalue weighted by atomic mass is 35.5. The minimum absolute atomic E-state index is 0.170. The van der Waals surface area contributed by atoms with E-state index in [9.17, 15) is 14.4 Å². The third-order valence-corrected chi connectivity index (χ3v) is 5.78. The lowest BCUT2D eigenvalue weighted by atomic mass is 10.1. The molecule has 2 aliphatic heterocycles. The minimum Gasteiger partial charge on any atom is -0.354 e. The van der Waals surface area contributed by atoms with Crippen LogP contribution < -0.4 is 32.0 Å². The molecule has 10 nitrogen and oxygen atoms in total. The van der Waals surface area contributed by atoms with E-state index in [2.05, 4.69) is 32.1 Å². The molecule has 0 aromatic heterocycles. The zero-order valence-electron chi connectivity index (χ0n) is 18.9. The van der Waals surface area contributed by atoms with Gasteiger partial charge in [-0.15, -0.1) is 5.53 Å². The van der Waals surface area contributed by atoms with Crippen LogP contribution in [0, 0.1) is 0 Å². The maximum atomic E-state index is 13.0. The fourth-order valence-corrected chi connectivity index (χ4v) is 3.98. The predicted molar refractivity (Wildman–Crippen MR) is 135 cm³/mol. The van der Waals surface area contributed by atoms with Gasteiger partial charge in [0.15, 0.2) is 0 Å². The van der Waals surface area contributed by atoms with Crippen LogP contribution in [-0.2, 0) is 16.0 Å². The Morgan fingerprint density at radius 3 is 2.86 bits per heavy atom. The highest BCUT2D eigenvalue weighted by Gasteiger charge is 2.23. The summed E-state index contributed by atoms with van der Waals surface area (Å²) in [7, 11) is 0. The molecule has 2 heterocycles. The summed E-state index contributed by atoms with van der Waals surface area (Å²) in [5.74, 6) is -0.900. The number of halogens is 1. The van der Waals surface area contributed by atoms with Gasteiger partial charge in [0.2, 0.25) is 11.8 Å². The van der Waals surface area contributed by atoms with Crippen LogP contribution in [0.3, 0.4) is 0 Å². The molecular formula is C24H26ClN7O3. The molecule has 1 atom stereocenters. The first kappa shape index (κ1) is 24.2. The second-order valence-electron chi connectivity index (χ2n) is 8.02. The van der Waals surface area contributed by atoms with Crippen LogP contribution in [0.15, 0.2) is 59.7 Å². The van der Waals surface area contributed by atoms with Crippen molar-refractivity contribution in [3.63, 3.8) is 0 Å². The molecule has 0 spiro atoms. The quantitative estimate of drug-likeness (QED) is 0.405. The molecule has 11 heteroatoms. The summed E-state index contributed by atoms with van der Waals surface area (Å²) in [6.45, 7) is 0.341. The van der Waals surface area contributed by atoms with Crippen LogP contribution in [-0.4, -0.2) is 36.6 Å². The molecule has 182 valence electrons. The molecule has 0 saturated carbocycles. The zero-order valence-corrected chi connectivity index (χ0v) is 19.6. The van der Waals surface area contributed by atoms with Crippen molar-refractivity contribution in [2.24, 2.45) is 5.10 Å². The van der Waals surface area contributed by atoms with Gasteiger partial charge in [0, 0.05) is 18.0 Å². The van der Waals surface area contributed by atoms with Gasteiger partial charge in [0.05, 0.1) is 16.9 Å². The molecule has 2 aromatic carbocycles. The number of benzene rings is 2. The maximum absolute atomic E-state index is 13.0. The van der Waals surface area contributed by atoms with Crippen LogP contribution >= 0.6 is 11.6 Å². The van der Waals surface area contributed by atoms with Crippen molar-refractivity contribution in [3.8, 4) is 0 Å². The summed E-state index contributed by atoms with van der Waals surface area (Å²) >= 11 is 6.18. The van der Waals surface area contributed by atoms with Crippen molar-refractivity contribution in [3.05, 3.63) is 70.8 Å². The Bertz CT molecular complexity index is 1170. The van der Waals surface area contributed by atoms with Crippen LogP contribution in [0.4, 0.5) is 11.4 Å². The Balaban J connectivity index is 1.43. The Labute approximate surface area is 207 Å². The fraction of sp³-hybridized carbons (Fsp3) is 0.250. The second-order valence-corrected chi connectivity index (χ2v) is 8.45. The summed E-state index contributed by atoms with van der Waals surface area (Å²) in [5, 5.41) is 14.7. The number of allylic oxidation sites excluding steroid dienone is 1. The Morgan fingerprint density at radius 1 is 1.17 bits per heavy atom. The van der Waals surface area contributed by atoms with E-state index in [1.165, 1.54) is 0 Å². The third-order valence-electron chi connectivity index (χ3n) is 5.55. The van der Waals surface area contributed by atoms with Crippen molar-refractivity contribution in [2.45, 2.75) is 31.7 Å². The van der Waals surface area contributed by atoms with Gasteiger partial charge in [0.1, 0.15) is 12.4 Å². The molecule has 5 N–H and O–H groups in total. The van der Waals surface area contributed by atoms with Gasteiger partial charge >= 0.3 is 0 Å². The maximum Gasteiger partial charge on any atom is 0.254 e. The van der Waals surface area contributed by atoms with Gasteiger partial charge in [0.25, 0.3) is 5.91 Å². The lowest BCUT2D eigenvalue weighted by Gasteiger charge is -2.20. The minimum atomic E-state index is -0.766. The number of hydrogen-bond donors (Lipinski definition) is 5. The van der Waals surface area contributed by atoms with E-state index >= 15 is 0 Å². The summed E-state index contributed by atoms with van der Waals surface area (Å²) in [5.41, 5.74) is 8.01. The predicted octanol–water partition coefficient (Wildman–Crippen LogP) is 2.25. The molecule has 35 heavy (non-hydrogen) atoms. The normalized spacial score (nSPS) is 18.9. The summed E-state index contributed by atoms with van der Waals surface area (Å²) in [6, 6.07) is 11.4. The number of hydrazone groups is 1. The first-order valence-corrected chi connectivity index (χ1v) is 11.6. The molecule has 0 fully saturated rings. The number of amides is 3. The Hall–Kier alpha value is -3.89. The SMILES string of the molecule is O=C1CC/C=C/CC(C(=O)NCCc2cc(Cl)ccc2N2C=NNN2)NC(=O)c2ccccc2N1. The number of anilines is 2. The second kappa shape index (κ2) is 11.5. The molecule has 2 aromatic rings. The van der Waals surface area contributed by atoms with Gasteiger partial charge in [-0.25, -0.2) is 10.5 Å². The fourth-order valence-electron chi connectivity index (χ4n) is 3.79. The van der Waals surface area contributed by atoms with Gasteiger partial charge < -0.3 is 16.0 Å². The molecule has 0 aliphatic carbocycles. The molecular weight excluding hydrogens is 470 g/mol. The van der Waals surface area contributed by atoms with Crippen molar-refractivity contribution in [1.29, 1.82) is 0 Å². The topological polar surface area (TPSA) is 127 Å². The molecule has 0 saturated heterocycles. The number of carbonyl (C=O) groups is 3. The lowest BCUT2D eigenvalue weighted by molar-refractivity contribution is -0.123. The first-order valence-electron chi connectivity index (χ1n) is 11.3. The Morgan fingerprint density at radius 2 is 2.03 bits per heavy atom. The van der Waals surface area contributed by atoms with Gasteiger partial charge in [-0.2, -0.15) is 5.10 Å². The molecule has 1 unspecified atom stereocenters. The summed E-state index contributed by atoms with van der Waals surface area (Å²) in [6.07, 6.45) is 6.90. The van der Waals surface area contributed by atoms with Crippen molar-refractivity contribution in [2.75, 3.05) is 16.9 Å². The van der Waals surface area contributed by atoms with E-state index in [0.29, 0.717) is 42.1 Å². The molecule has 2 aliphatic rings. The van der Waals surface area contributed by atoms with E-state index in [-0.39, 0.29) is 18.2 Å². The van der Waals surface area contributed by atoms with Crippen LogP contribution in [0.25, 0.3) is 0 Å². The lowest BCUT2D eigenvalue weighted by Crippen LogP contribution is -2.47. The standard InChI is InChI=1S/C24H26ClN7O3/c25-17-10-11-21(32-15-27-30-31-32)16(14-17)12-13-26-24(35)20-8-2-1-3-9-22(33)28-19-7-5-4-6-18(19)23(34)29-20/h1-2,4-7,10-11,14-15,20,30-31H,3,8-9,12-13H2,(H,26,35)(H,28,33)(H,29,34)/b2-1+. The number of hydrazine groups is 2. The smallest absolute Gasteiger partial charge is 0.254 e. The summed E-state index contributed by atoms with van der Waals surface area (Å²) < 4.78 is 0. The summed E-state index contributed by atoms with van der Waals surface area (Å²) in [4.78, 5) is 38.1. The molecule has 0 bridgehead atoms. The average molecular weight is 496 g/mol. The average Bonchev–Trinajstić information content (AvgIpc) is 3.37. The third kappa shape index (κ3) is 6.37. The van der Waals surface area contributed by atoms with E-state index in [1.807, 2.05) is 24.3 Å². The number of carbonyl (C=O) groups excluding carboxylic acids is 3. The number of nitrogens with one attached hydrogen (secondary N) is 5. The zero-order chi connectivity index (χ0) is 24.6. The van der Waals surface area contributed by atoms with Gasteiger partial charge in [-0.05, 0) is 55.2 Å². The van der Waals surface area contributed by atoms with Crippen molar-refractivity contribution >= 4 is 47.0 Å². The first-order chi connectivity index (χ1) is 17.0. The van der Waals surface area contributed by atoms with E-state index in [0.717, 1.165) is 11.3 Å². The van der Waals surface area contributed by atoms with Crippen LogP contribution in [0.1, 0.15) is 35.2 Å². The highest BCUT2D eigenvalue weighted by Crippen LogP contribution is 2.24.